The molecule has 0 bridgehead atoms. The summed E-state index contributed by atoms with van der Waals surface area (Å²) in [5.74, 6) is -0.361. The lowest BCUT2D eigenvalue weighted by molar-refractivity contribution is -0.144. The highest BCUT2D eigenvalue weighted by Gasteiger charge is 2.30. The van der Waals surface area contributed by atoms with Crippen LogP contribution in [-0.4, -0.2) is 11.0 Å². The van der Waals surface area contributed by atoms with Crippen molar-refractivity contribution in [2.75, 3.05) is 0 Å². The summed E-state index contributed by atoms with van der Waals surface area (Å²) in [5.41, 5.74) is 1.31. The van der Waals surface area contributed by atoms with Crippen molar-refractivity contribution in [1.29, 1.82) is 0 Å². The zero-order valence-corrected chi connectivity index (χ0v) is 14.3. The SMILES string of the molecule is O=C(Cc1ccccc1)OCc1csc(-c2ccc(C(F)(F)F)cc2)n1. The van der Waals surface area contributed by atoms with Crippen molar-refractivity contribution >= 4 is 17.3 Å². The third-order valence-electron chi connectivity index (χ3n) is 3.58. The number of hydrogen-bond donors (Lipinski definition) is 0. The fourth-order valence-corrected chi connectivity index (χ4v) is 3.09. The molecule has 134 valence electrons. The van der Waals surface area contributed by atoms with E-state index in [1.54, 1.807) is 5.38 Å². The van der Waals surface area contributed by atoms with E-state index in [-0.39, 0.29) is 19.0 Å². The molecule has 0 atom stereocenters. The number of hydrogen-bond acceptors (Lipinski definition) is 4. The number of rotatable bonds is 5. The molecule has 0 amide bonds. The van der Waals surface area contributed by atoms with Crippen LogP contribution in [0, 0.1) is 0 Å². The van der Waals surface area contributed by atoms with E-state index in [2.05, 4.69) is 4.98 Å². The Hall–Kier alpha value is -2.67. The number of thiazole rings is 1. The van der Waals surface area contributed by atoms with Gasteiger partial charge in [-0.1, -0.05) is 42.5 Å². The predicted molar refractivity (Wildman–Crippen MR) is 92.5 cm³/mol. The Kier molecular flexibility index (Phi) is 5.37. The third-order valence-corrected chi connectivity index (χ3v) is 4.52. The van der Waals surface area contributed by atoms with Gasteiger partial charge in [-0.3, -0.25) is 4.79 Å². The van der Waals surface area contributed by atoms with Crippen LogP contribution in [0.1, 0.15) is 16.8 Å². The number of benzene rings is 2. The van der Waals surface area contributed by atoms with E-state index in [0.29, 0.717) is 16.3 Å². The zero-order valence-electron chi connectivity index (χ0n) is 13.5. The van der Waals surface area contributed by atoms with Crippen LogP contribution in [0.15, 0.2) is 60.0 Å². The average Bonchev–Trinajstić information content (AvgIpc) is 3.09. The summed E-state index contributed by atoms with van der Waals surface area (Å²) in [7, 11) is 0. The van der Waals surface area contributed by atoms with Crippen molar-refractivity contribution in [2.45, 2.75) is 19.2 Å². The molecule has 0 N–H and O–H groups in total. The van der Waals surface area contributed by atoms with Crippen molar-refractivity contribution in [3.8, 4) is 10.6 Å². The molecule has 0 unspecified atom stereocenters. The van der Waals surface area contributed by atoms with Gasteiger partial charge in [0.25, 0.3) is 0 Å². The number of ether oxygens (including phenoxy) is 1. The molecule has 3 rings (SSSR count). The maximum absolute atomic E-state index is 12.6. The topological polar surface area (TPSA) is 39.2 Å². The van der Waals surface area contributed by atoms with Crippen LogP contribution in [0.25, 0.3) is 10.6 Å². The molecule has 2 aromatic carbocycles. The Morgan fingerprint density at radius 3 is 2.38 bits per heavy atom. The first-order chi connectivity index (χ1) is 12.4. The Labute approximate surface area is 152 Å². The van der Waals surface area contributed by atoms with Crippen LogP contribution in [0.5, 0.6) is 0 Å². The second-order valence-corrected chi connectivity index (χ2v) is 6.40. The third kappa shape index (κ3) is 4.70. The van der Waals surface area contributed by atoms with E-state index in [1.165, 1.54) is 23.5 Å². The van der Waals surface area contributed by atoms with Crippen molar-refractivity contribution in [3.63, 3.8) is 0 Å². The first-order valence-electron chi connectivity index (χ1n) is 7.73. The standard InChI is InChI=1S/C19H14F3NO2S/c20-19(21,22)15-8-6-14(7-9-15)18-23-16(12-26-18)11-25-17(24)10-13-4-2-1-3-5-13/h1-9,12H,10-11H2. The monoisotopic (exact) mass is 377 g/mol. The number of nitrogens with zero attached hydrogens (tertiary/aromatic N) is 1. The van der Waals surface area contributed by atoms with Gasteiger partial charge in [-0.2, -0.15) is 13.2 Å². The van der Waals surface area contributed by atoms with Gasteiger partial charge in [0.15, 0.2) is 0 Å². The van der Waals surface area contributed by atoms with E-state index < -0.39 is 11.7 Å². The molecule has 0 saturated carbocycles. The van der Waals surface area contributed by atoms with Crippen LogP contribution < -0.4 is 0 Å². The second kappa shape index (κ2) is 7.70. The highest BCUT2D eigenvalue weighted by Crippen LogP contribution is 2.31. The number of halogens is 3. The molecule has 1 aromatic heterocycles. The lowest BCUT2D eigenvalue weighted by atomic mass is 10.1. The molecule has 7 heteroatoms. The largest absolute Gasteiger partial charge is 0.459 e. The van der Waals surface area contributed by atoms with Crippen LogP contribution >= 0.6 is 11.3 Å². The molecule has 3 nitrogen and oxygen atoms in total. The number of aromatic nitrogens is 1. The fraction of sp³-hybridized carbons (Fsp3) is 0.158. The van der Waals surface area contributed by atoms with E-state index in [4.69, 9.17) is 4.74 Å². The highest BCUT2D eigenvalue weighted by atomic mass is 32.1. The lowest BCUT2D eigenvalue weighted by Crippen LogP contribution is -2.08. The first-order valence-corrected chi connectivity index (χ1v) is 8.61. The number of alkyl halides is 3. The summed E-state index contributed by atoms with van der Waals surface area (Å²) < 4.78 is 43.0. The number of carbonyl (C=O) groups excluding carboxylic acids is 1. The lowest BCUT2D eigenvalue weighted by Gasteiger charge is -2.06. The van der Waals surface area contributed by atoms with Gasteiger partial charge in [0, 0.05) is 10.9 Å². The van der Waals surface area contributed by atoms with E-state index >= 15 is 0 Å². The molecule has 0 aliphatic carbocycles. The Morgan fingerprint density at radius 2 is 1.73 bits per heavy atom. The van der Waals surface area contributed by atoms with E-state index in [1.807, 2.05) is 30.3 Å². The van der Waals surface area contributed by atoms with Gasteiger partial charge in [-0.25, -0.2) is 4.98 Å². The summed E-state index contributed by atoms with van der Waals surface area (Å²) >= 11 is 1.29. The fourth-order valence-electron chi connectivity index (χ4n) is 2.28. The minimum atomic E-state index is -4.36. The average molecular weight is 377 g/mol. The highest BCUT2D eigenvalue weighted by molar-refractivity contribution is 7.13. The van der Waals surface area contributed by atoms with Crippen molar-refractivity contribution < 1.29 is 22.7 Å². The van der Waals surface area contributed by atoms with Crippen LogP contribution in [0.3, 0.4) is 0 Å². The van der Waals surface area contributed by atoms with Crippen LogP contribution in [-0.2, 0) is 28.7 Å². The summed E-state index contributed by atoms with van der Waals surface area (Å²) in [4.78, 5) is 16.2. The summed E-state index contributed by atoms with van der Waals surface area (Å²) in [6.45, 7) is 0.0306. The molecule has 1 heterocycles. The van der Waals surface area contributed by atoms with Crippen molar-refractivity contribution in [3.05, 3.63) is 76.8 Å². The van der Waals surface area contributed by atoms with Crippen LogP contribution in [0.2, 0.25) is 0 Å². The van der Waals surface area contributed by atoms with Crippen LogP contribution in [0.4, 0.5) is 13.2 Å². The molecule has 0 saturated heterocycles. The minimum Gasteiger partial charge on any atom is -0.459 e. The van der Waals surface area contributed by atoms with E-state index in [0.717, 1.165) is 17.7 Å². The molecule has 0 aliphatic heterocycles. The van der Waals surface area contributed by atoms with E-state index in [9.17, 15) is 18.0 Å². The molecule has 26 heavy (non-hydrogen) atoms. The Bertz CT molecular complexity index is 874. The molecule has 0 radical (unpaired) electrons. The number of carbonyl (C=O) groups is 1. The van der Waals surface area contributed by atoms with Crippen molar-refractivity contribution in [2.24, 2.45) is 0 Å². The van der Waals surface area contributed by atoms with Gasteiger partial charge in [0.1, 0.15) is 11.6 Å². The molecule has 3 aromatic rings. The summed E-state index contributed by atoms with van der Waals surface area (Å²) in [6.07, 6.45) is -4.18. The maximum Gasteiger partial charge on any atom is 0.416 e. The predicted octanol–water partition coefficient (Wildman–Crippen LogP) is 5.11. The quantitative estimate of drug-likeness (QED) is 0.580. The second-order valence-electron chi connectivity index (χ2n) is 5.54. The summed E-state index contributed by atoms with van der Waals surface area (Å²) in [5, 5.41) is 2.30. The van der Waals surface area contributed by atoms with Gasteiger partial charge in [0.2, 0.25) is 0 Å². The first kappa shape index (κ1) is 18.1. The molecule has 0 spiro atoms. The molecular formula is C19H14F3NO2S. The van der Waals surface area contributed by atoms with Gasteiger partial charge in [0.05, 0.1) is 17.7 Å². The Balaban J connectivity index is 1.58. The number of esters is 1. The van der Waals surface area contributed by atoms with Gasteiger partial charge in [-0.15, -0.1) is 11.3 Å². The minimum absolute atomic E-state index is 0.0306. The van der Waals surface area contributed by atoms with Gasteiger partial charge in [-0.05, 0) is 17.7 Å². The maximum atomic E-state index is 12.6. The van der Waals surface area contributed by atoms with Gasteiger partial charge < -0.3 is 4.74 Å². The Morgan fingerprint density at radius 1 is 1.04 bits per heavy atom. The summed E-state index contributed by atoms with van der Waals surface area (Å²) in [6, 6.07) is 14.1. The van der Waals surface area contributed by atoms with Gasteiger partial charge >= 0.3 is 12.1 Å². The smallest absolute Gasteiger partial charge is 0.416 e. The molecule has 0 aliphatic rings. The van der Waals surface area contributed by atoms with Crippen molar-refractivity contribution in [1.82, 2.24) is 4.98 Å². The zero-order chi connectivity index (χ0) is 18.6. The molecular weight excluding hydrogens is 363 g/mol. The molecule has 0 fully saturated rings. The normalized spacial score (nSPS) is 11.3.